The molecule has 0 spiro atoms. The number of hydrogen-bond donors (Lipinski definition) is 8. The Morgan fingerprint density at radius 2 is 0.353 bits per heavy atom. The van der Waals surface area contributed by atoms with Gasteiger partial charge >= 0.3 is 0 Å². The van der Waals surface area contributed by atoms with E-state index in [1.54, 1.807) is 0 Å². The molecular weight excluding hydrogens is 464 g/mol. The molecule has 0 atom stereocenters. The van der Waals surface area contributed by atoms with Gasteiger partial charge in [-0.2, -0.15) is 0 Å². The second-order valence-corrected chi connectivity index (χ2v) is 5.46. The summed E-state index contributed by atoms with van der Waals surface area (Å²) in [6.45, 7) is 4.94. The molecule has 34 heavy (non-hydrogen) atoms. The molecule has 0 rings (SSSR count). The number of hydrogen-bond acceptors (Lipinski definition) is 14. The van der Waals surface area contributed by atoms with Gasteiger partial charge in [0, 0.05) is 0 Å². The van der Waals surface area contributed by atoms with Crippen molar-refractivity contribution < 1.29 is 69.3 Å². The van der Waals surface area contributed by atoms with Crippen LogP contribution in [0.1, 0.15) is 0 Å². The Morgan fingerprint density at radius 3 is 0.500 bits per heavy atom. The molecule has 0 aromatic carbocycles. The summed E-state index contributed by atoms with van der Waals surface area (Å²) in [6, 6.07) is 0. The summed E-state index contributed by atoms with van der Waals surface area (Å²) in [5.41, 5.74) is 0. The normalized spacial score (nSPS) is 9.88. The number of ether oxygens (including phenoxy) is 6. The Bertz CT molecular complexity index is 254. The molecule has 0 aliphatic heterocycles. The highest BCUT2D eigenvalue weighted by Crippen LogP contribution is 1.80. The van der Waals surface area contributed by atoms with Gasteiger partial charge in [-0.3, -0.25) is 0 Å². The zero-order valence-corrected chi connectivity index (χ0v) is 20.2. The van der Waals surface area contributed by atoms with Gasteiger partial charge in [0.15, 0.2) is 0 Å². The van der Waals surface area contributed by atoms with Crippen molar-refractivity contribution in [3.8, 4) is 0 Å². The first-order valence-corrected chi connectivity index (χ1v) is 11.0. The Hall–Kier alpha value is -0.560. The van der Waals surface area contributed by atoms with E-state index < -0.39 is 0 Å². The lowest BCUT2D eigenvalue weighted by molar-refractivity contribution is 0.00230. The fourth-order valence-electron chi connectivity index (χ4n) is 1.35. The van der Waals surface area contributed by atoms with Gasteiger partial charge in [0.05, 0.1) is 132 Å². The van der Waals surface area contributed by atoms with Crippen molar-refractivity contribution in [3.63, 3.8) is 0 Å². The maximum atomic E-state index is 8.36. The monoisotopic (exact) mass is 512 g/mol. The molecule has 212 valence electrons. The zero-order valence-electron chi connectivity index (χ0n) is 20.2. The Morgan fingerprint density at radius 1 is 0.206 bits per heavy atom. The third kappa shape index (κ3) is 63.4. The molecule has 0 heterocycles. The van der Waals surface area contributed by atoms with E-state index in [1.807, 2.05) is 0 Å². The van der Waals surface area contributed by atoms with Gasteiger partial charge < -0.3 is 69.3 Å². The summed E-state index contributed by atoms with van der Waals surface area (Å²) in [5.74, 6) is 0. The first-order valence-electron chi connectivity index (χ1n) is 11.0. The summed E-state index contributed by atoms with van der Waals surface area (Å²) in [5, 5.41) is 64.7. The van der Waals surface area contributed by atoms with Crippen molar-refractivity contribution >= 4 is 0 Å². The smallest absolute Gasteiger partial charge is 0.0701 e. The lowest BCUT2D eigenvalue weighted by Gasteiger charge is -2.04. The molecule has 0 radical (unpaired) electrons. The van der Waals surface area contributed by atoms with Gasteiger partial charge in [-0.05, 0) is 0 Å². The van der Waals surface area contributed by atoms with Gasteiger partial charge in [0.1, 0.15) is 0 Å². The summed E-state index contributed by atoms with van der Waals surface area (Å²) >= 11 is 0. The molecule has 0 saturated carbocycles. The molecule has 0 bridgehead atoms. The Labute approximate surface area is 202 Å². The highest BCUT2D eigenvalue weighted by molar-refractivity contribution is 4.33. The van der Waals surface area contributed by atoms with Crippen LogP contribution in [0, 0.1) is 0 Å². The maximum absolute atomic E-state index is 8.36. The highest BCUT2D eigenvalue weighted by Gasteiger charge is 1.90. The highest BCUT2D eigenvalue weighted by atomic mass is 16.5. The van der Waals surface area contributed by atoms with E-state index in [2.05, 4.69) is 4.74 Å². The van der Waals surface area contributed by atoms with Gasteiger partial charge in [-0.15, -0.1) is 0 Å². The van der Waals surface area contributed by atoms with E-state index in [1.165, 1.54) is 0 Å². The molecule has 0 unspecified atom stereocenters. The van der Waals surface area contributed by atoms with Crippen LogP contribution in [-0.4, -0.2) is 173 Å². The van der Waals surface area contributed by atoms with E-state index in [0.29, 0.717) is 79.3 Å². The minimum Gasteiger partial charge on any atom is -0.394 e. The summed E-state index contributed by atoms with van der Waals surface area (Å²) in [7, 11) is 0. The fraction of sp³-hybridized carbons (Fsp3) is 1.00. The molecular formula is C20H48O14. The molecule has 14 heteroatoms. The van der Waals surface area contributed by atoms with Gasteiger partial charge in [-0.25, -0.2) is 0 Å². The van der Waals surface area contributed by atoms with E-state index in [-0.39, 0.29) is 52.9 Å². The lowest BCUT2D eigenvalue weighted by atomic mass is 10.7. The average molecular weight is 513 g/mol. The zero-order chi connectivity index (χ0) is 26.4. The van der Waals surface area contributed by atoms with Crippen molar-refractivity contribution in [1.82, 2.24) is 0 Å². The molecule has 0 aliphatic rings. The first-order chi connectivity index (χ1) is 16.7. The van der Waals surface area contributed by atoms with Crippen LogP contribution in [-0.2, 0) is 28.4 Å². The molecule has 0 fully saturated rings. The van der Waals surface area contributed by atoms with Crippen molar-refractivity contribution in [1.29, 1.82) is 0 Å². The minimum atomic E-state index is -0.125. The summed E-state index contributed by atoms with van der Waals surface area (Å²) in [4.78, 5) is 0. The third-order valence-corrected chi connectivity index (χ3v) is 2.63. The van der Waals surface area contributed by atoms with Crippen LogP contribution in [0.2, 0.25) is 0 Å². The van der Waals surface area contributed by atoms with Crippen LogP contribution in [0.25, 0.3) is 0 Å². The molecule has 0 amide bonds. The van der Waals surface area contributed by atoms with Crippen molar-refractivity contribution in [2.75, 3.05) is 132 Å². The SMILES string of the molecule is OCCO.OCCOCCO.OCCOCCOCCO.OCCOCCOCCOCCO. The van der Waals surface area contributed by atoms with Gasteiger partial charge in [0.25, 0.3) is 0 Å². The molecule has 0 aromatic heterocycles. The molecule has 0 saturated heterocycles. The maximum Gasteiger partial charge on any atom is 0.0701 e. The van der Waals surface area contributed by atoms with E-state index in [0.717, 1.165) is 0 Å². The Kier molecular flexibility index (Phi) is 59.2. The van der Waals surface area contributed by atoms with Crippen LogP contribution in [0.4, 0.5) is 0 Å². The number of aliphatic hydroxyl groups excluding tert-OH is 8. The van der Waals surface area contributed by atoms with Crippen LogP contribution >= 0.6 is 0 Å². The molecule has 0 aliphatic carbocycles. The van der Waals surface area contributed by atoms with Crippen LogP contribution in [0.3, 0.4) is 0 Å². The van der Waals surface area contributed by atoms with Crippen LogP contribution in [0.5, 0.6) is 0 Å². The minimum absolute atomic E-state index is 0.0278. The van der Waals surface area contributed by atoms with E-state index in [9.17, 15) is 0 Å². The van der Waals surface area contributed by atoms with Gasteiger partial charge in [0.2, 0.25) is 0 Å². The summed E-state index contributed by atoms with van der Waals surface area (Å²) in [6.07, 6.45) is 0. The molecule has 0 aromatic rings. The predicted octanol–water partition coefficient (Wildman–Crippen LogP) is -4.02. The quantitative estimate of drug-likeness (QED) is 0.0648. The second-order valence-electron chi connectivity index (χ2n) is 5.46. The fourth-order valence-corrected chi connectivity index (χ4v) is 1.35. The van der Waals surface area contributed by atoms with Crippen LogP contribution in [0.15, 0.2) is 0 Å². The lowest BCUT2D eigenvalue weighted by Crippen LogP contribution is -2.11. The van der Waals surface area contributed by atoms with E-state index >= 15 is 0 Å². The summed E-state index contributed by atoms with van der Waals surface area (Å²) < 4.78 is 29.4. The molecule has 8 N–H and O–H groups in total. The first kappa shape index (κ1) is 40.6. The second kappa shape index (κ2) is 49.5. The van der Waals surface area contributed by atoms with Gasteiger partial charge in [-0.1, -0.05) is 0 Å². The van der Waals surface area contributed by atoms with Crippen molar-refractivity contribution in [2.45, 2.75) is 0 Å². The molecule has 14 nitrogen and oxygen atoms in total. The predicted molar refractivity (Wildman–Crippen MR) is 122 cm³/mol. The number of rotatable bonds is 22. The number of aliphatic hydroxyl groups is 8. The third-order valence-electron chi connectivity index (χ3n) is 2.63. The standard InChI is InChI=1S/C8H18O5.C6H14O4.C4H10O3.C2H6O2/c9-1-3-11-5-7-13-8-6-12-4-2-10;7-1-3-9-5-6-10-4-2-8;5-1-3-7-4-2-6;3-1-2-4/h9-10H,1-8H2;7-8H,1-6H2;5-6H,1-4H2;3-4H,1-2H2. The average Bonchev–Trinajstić information content (AvgIpc) is 2.86. The topological polar surface area (TPSA) is 217 Å². The van der Waals surface area contributed by atoms with E-state index in [4.69, 9.17) is 64.5 Å². The largest absolute Gasteiger partial charge is 0.394 e. The van der Waals surface area contributed by atoms with Crippen molar-refractivity contribution in [3.05, 3.63) is 0 Å². The Balaban J connectivity index is -0.000000190. The van der Waals surface area contributed by atoms with Crippen LogP contribution < -0.4 is 0 Å². The van der Waals surface area contributed by atoms with Crippen molar-refractivity contribution in [2.24, 2.45) is 0 Å².